The molecule has 3 heterocycles. The Hall–Kier alpha value is -4.15. The molecular weight excluding hydrogens is 502 g/mol. The number of aromatic nitrogens is 3. The predicted molar refractivity (Wildman–Crippen MR) is 145 cm³/mol. The Kier molecular flexibility index (Phi) is 7.94. The molecule has 2 aromatic heterocycles. The van der Waals surface area contributed by atoms with Gasteiger partial charge in [0.15, 0.2) is 11.6 Å². The standard InChI is InChI=1S/C29H30F2N6O2/c1-19-27(21-7-6-12-32-16-21)35-37(22-8-4-3-5-9-22)28(19)34-29(38)33-26-18-36(13-14-39-2)17-23(26)20-10-11-24(30)25(31)15-20/h3-12,15-16,23,26H,13-14,17-18H2,1-2H3,(H2,33,34,38)/t23-,26+/m0/s1. The number of likely N-dealkylation sites (tertiary alicyclic amines) is 1. The molecule has 8 nitrogen and oxygen atoms in total. The minimum Gasteiger partial charge on any atom is -0.383 e. The fraction of sp³-hybridized carbons (Fsp3) is 0.276. The van der Waals surface area contributed by atoms with E-state index in [2.05, 4.69) is 20.5 Å². The van der Waals surface area contributed by atoms with E-state index in [0.29, 0.717) is 43.3 Å². The minimum absolute atomic E-state index is 0.228. The van der Waals surface area contributed by atoms with Crippen molar-refractivity contribution in [2.75, 3.05) is 38.7 Å². The average molecular weight is 533 g/mol. The van der Waals surface area contributed by atoms with Crippen LogP contribution in [0.4, 0.5) is 19.4 Å². The maximum absolute atomic E-state index is 14.1. The molecule has 2 aromatic carbocycles. The monoisotopic (exact) mass is 532 g/mol. The molecule has 1 aliphatic rings. The summed E-state index contributed by atoms with van der Waals surface area (Å²) in [5, 5.41) is 10.9. The van der Waals surface area contributed by atoms with Crippen molar-refractivity contribution in [3.05, 3.63) is 95.8 Å². The molecule has 0 unspecified atom stereocenters. The molecule has 2 amide bonds. The molecule has 2 N–H and O–H groups in total. The molecule has 0 radical (unpaired) electrons. The number of amides is 2. The summed E-state index contributed by atoms with van der Waals surface area (Å²) >= 11 is 0. The fourth-order valence-corrected chi connectivity index (χ4v) is 5.00. The maximum Gasteiger partial charge on any atom is 0.320 e. The van der Waals surface area contributed by atoms with Crippen molar-refractivity contribution in [3.63, 3.8) is 0 Å². The summed E-state index contributed by atoms with van der Waals surface area (Å²) < 4.78 is 34.6. The van der Waals surface area contributed by atoms with Crippen molar-refractivity contribution < 1.29 is 18.3 Å². The van der Waals surface area contributed by atoms with Crippen molar-refractivity contribution in [3.8, 4) is 16.9 Å². The van der Waals surface area contributed by atoms with Crippen LogP contribution in [-0.2, 0) is 4.74 Å². The first kappa shape index (κ1) is 26.5. The molecule has 0 bridgehead atoms. The van der Waals surface area contributed by atoms with Gasteiger partial charge in [-0.25, -0.2) is 18.3 Å². The van der Waals surface area contributed by atoms with Crippen molar-refractivity contribution in [1.29, 1.82) is 0 Å². The zero-order valence-electron chi connectivity index (χ0n) is 21.8. The van der Waals surface area contributed by atoms with Gasteiger partial charge in [0.25, 0.3) is 0 Å². The van der Waals surface area contributed by atoms with Crippen molar-refractivity contribution in [2.24, 2.45) is 0 Å². The van der Waals surface area contributed by atoms with Crippen LogP contribution in [0, 0.1) is 18.6 Å². The summed E-state index contributed by atoms with van der Waals surface area (Å²) in [6.45, 7) is 4.20. The zero-order chi connectivity index (χ0) is 27.4. The second kappa shape index (κ2) is 11.7. The van der Waals surface area contributed by atoms with Gasteiger partial charge in [0.1, 0.15) is 5.82 Å². The Bertz CT molecular complexity index is 1430. The lowest BCUT2D eigenvalue weighted by molar-refractivity contribution is 0.159. The number of hydrogen-bond acceptors (Lipinski definition) is 5. The van der Waals surface area contributed by atoms with Gasteiger partial charge in [-0.1, -0.05) is 24.3 Å². The molecule has 5 rings (SSSR count). The number of urea groups is 1. The summed E-state index contributed by atoms with van der Waals surface area (Å²) in [6.07, 6.45) is 3.43. The number of pyridine rings is 1. The quantitative estimate of drug-likeness (QED) is 0.342. The number of carbonyl (C=O) groups is 1. The summed E-state index contributed by atoms with van der Waals surface area (Å²) in [5.74, 6) is -1.51. The van der Waals surface area contributed by atoms with E-state index >= 15 is 0 Å². The van der Waals surface area contributed by atoms with Crippen LogP contribution in [0.2, 0.25) is 0 Å². The van der Waals surface area contributed by atoms with E-state index in [4.69, 9.17) is 9.84 Å². The number of carbonyl (C=O) groups excluding carboxylic acids is 1. The van der Waals surface area contributed by atoms with E-state index in [9.17, 15) is 13.6 Å². The second-order valence-electron chi connectivity index (χ2n) is 9.55. The number of benzene rings is 2. The molecule has 0 aliphatic carbocycles. The second-order valence-corrected chi connectivity index (χ2v) is 9.55. The van der Waals surface area contributed by atoms with Gasteiger partial charge in [0.05, 0.1) is 24.0 Å². The van der Waals surface area contributed by atoms with Gasteiger partial charge < -0.3 is 10.1 Å². The van der Waals surface area contributed by atoms with E-state index in [1.807, 2.05) is 49.4 Å². The van der Waals surface area contributed by atoms with Gasteiger partial charge in [-0.2, -0.15) is 5.10 Å². The lowest BCUT2D eigenvalue weighted by Crippen LogP contribution is -2.42. The number of halogens is 2. The molecule has 39 heavy (non-hydrogen) atoms. The highest BCUT2D eigenvalue weighted by molar-refractivity contribution is 5.91. The Morgan fingerprint density at radius 2 is 1.90 bits per heavy atom. The molecule has 0 saturated carbocycles. The molecular formula is C29H30F2N6O2. The first-order valence-corrected chi connectivity index (χ1v) is 12.7. The number of nitrogens with one attached hydrogen (secondary N) is 2. The number of methoxy groups -OCH3 is 1. The Balaban J connectivity index is 1.42. The van der Waals surface area contributed by atoms with Crippen LogP contribution in [0.3, 0.4) is 0 Å². The first-order chi connectivity index (χ1) is 18.9. The van der Waals surface area contributed by atoms with Crippen LogP contribution in [0.25, 0.3) is 16.9 Å². The van der Waals surface area contributed by atoms with Gasteiger partial charge >= 0.3 is 6.03 Å². The smallest absolute Gasteiger partial charge is 0.320 e. The SMILES string of the molecule is COCCN1C[C@@H](NC(=O)Nc2c(C)c(-c3cccnc3)nn2-c2ccccc2)[C@H](c2ccc(F)c(F)c2)C1. The zero-order valence-corrected chi connectivity index (χ0v) is 21.8. The molecule has 2 atom stereocenters. The highest BCUT2D eigenvalue weighted by atomic mass is 19.2. The van der Waals surface area contributed by atoms with E-state index in [1.54, 1.807) is 30.3 Å². The third kappa shape index (κ3) is 5.81. The Morgan fingerprint density at radius 1 is 1.08 bits per heavy atom. The highest BCUT2D eigenvalue weighted by Gasteiger charge is 2.35. The average Bonchev–Trinajstić information content (AvgIpc) is 3.50. The van der Waals surface area contributed by atoms with Gasteiger partial charge in [0.2, 0.25) is 0 Å². The molecule has 10 heteroatoms. The summed E-state index contributed by atoms with van der Waals surface area (Å²) in [4.78, 5) is 19.8. The number of rotatable bonds is 8. The predicted octanol–water partition coefficient (Wildman–Crippen LogP) is 4.76. The van der Waals surface area contributed by atoms with Crippen molar-refractivity contribution >= 4 is 11.8 Å². The van der Waals surface area contributed by atoms with Crippen molar-refractivity contribution in [1.82, 2.24) is 25.0 Å². The summed E-state index contributed by atoms with van der Waals surface area (Å²) in [7, 11) is 1.63. The first-order valence-electron chi connectivity index (χ1n) is 12.7. The molecule has 1 aliphatic heterocycles. The number of nitrogens with zero attached hydrogens (tertiary/aromatic N) is 4. The van der Waals surface area contributed by atoms with Crippen LogP contribution < -0.4 is 10.6 Å². The minimum atomic E-state index is -0.906. The van der Waals surface area contributed by atoms with E-state index in [0.717, 1.165) is 22.9 Å². The lowest BCUT2D eigenvalue weighted by Gasteiger charge is -2.21. The largest absolute Gasteiger partial charge is 0.383 e. The molecule has 0 spiro atoms. The normalized spacial score (nSPS) is 17.3. The highest BCUT2D eigenvalue weighted by Crippen LogP contribution is 2.31. The lowest BCUT2D eigenvalue weighted by atomic mass is 9.94. The summed E-state index contributed by atoms with van der Waals surface area (Å²) in [6, 6.07) is 16.4. The molecule has 1 saturated heterocycles. The molecule has 1 fully saturated rings. The topological polar surface area (TPSA) is 84.3 Å². The molecule has 202 valence electrons. The van der Waals surface area contributed by atoms with Gasteiger partial charge in [0, 0.05) is 56.2 Å². The van der Waals surface area contributed by atoms with Crippen LogP contribution >= 0.6 is 0 Å². The van der Waals surface area contributed by atoms with Gasteiger partial charge in [-0.3, -0.25) is 15.2 Å². The third-order valence-electron chi connectivity index (χ3n) is 6.99. The van der Waals surface area contributed by atoms with E-state index in [-0.39, 0.29) is 12.0 Å². The van der Waals surface area contributed by atoms with Crippen LogP contribution in [0.15, 0.2) is 73.1 Å². The van der Waals surface area contributed by atoms with Crippen LogP contribution in [0.5, 0.6) is 0 Å². The number of hydrogen-bond donors (Lipinski definition) is 2. The number of ether oxygens (including phenoxy) is 1. The Morgan fingerprint density at radius 3 is 2.62 bits per heavy atom. The van der Waals surface area contributed by atoms with Crippen LogP contribution in [-0.4, -0.2) is 65.1 Å². The van der Waals surface area contributed by atoms with Crippen LogP contribution in [0.1, 0.15) is 17.0 Å². The van der Waals surface area contributed by atoms with Crippen molar-refractivity contribution in [2.45, 2.75) is 18.9 Å². The van der Waals surface area contributed by atoms with E-state index < -0.39 is 17.7 Å². The third-order valence-corrected chi connectivity index (χ3v) is 6.99. The number of para-hydroxylation sites is 1. The van der Waals surface area contributed by atoms with E-state index in [1.165, 1.54) is 6.07 Å². The Labute approximate surface area is 225 Å². The maximum atomic E-state index is 14.1. The fourth-order valence-electron chi connectivity index (χ4n) is 5.00. The number of anilines is 1. The van der Waals surface area contributed by atoms with Gasteiger partial charge in [-0.05, 0) is 48.9 Å². The molecule has 4 aromatic rings. The summed E-state index contributed by atoms with van der Waals surface area (Å²) in [5.41, 5.74) is 3.73. The van der Waals surface area contributed by atoms with Gasteiger partial charge in [-0.15, -0.1) is 0 Å².